The molecule has 7 nitrogen and oxygen atoms in total. The average molecular weight is 700 g/mol. The van der Waals surface area contributed by atoms with Crippen molar-refractivity contribution in [1.82, 2.24) is 5.32 Å². The van der Waals surface area contributed by atoms with E-state index in [9.17, 15) is 14.5 Å². The predicted octanol–water partition coefficient (Wildman–Crippen LogP) is 11.8. The highest BCUT2D eigenvalue weighted by atomic mass is 31.2. The highest BCUT2D eigenvalue weighted by Crippen LogP contribution is 2.35. The Morgan fingerprint density at radius 2 is 0.938 bits per heavy atom. The lowest BCUT2D eigenvalue weighted by atomic mass is 10.0. The van der Waals surface area contributed by atoms with Gasteiger partial charge in [-0.05, 0) is 44.9 Å². The zero-order valence-corrected chi connectivity index (χ0v) is 32.3. The molecule has 0 aromatic heterocycles. The van der Waals surface area contributed by atoms with Gasteiger partial charge in [0.1, 0.15) is 0 Å². The summed E-state index contributed by atoms with van der Waals surface area (Å²) in [5, 5.41) is 13.3. The minimum Gasteiger partial charge on any atom is -0.387 e. The van der Waals surface area contributed by atoms with Gasteiger partial charge in [0.05, 0.1) is 18.8 Å². The SMILES string of the molecule is CCCCCCCC/C=C/CCCCCCCCCCCCCC(=O)N[C@@H](COP(=O)(O)O)[C@H](O)/C=C/CCCCCCCCCCC. The van der Waals surface area contributed by atoms with Crippen LogP contribution in [0.15, 0.2) is 24.3 Å². The molecule has 1 amide bonds. The first-order chi connectivity index (χ1) is 23.3. The van der Waals surface area contributed by atoms with Crippen molar-refractivity contribution < 1.29 is 28.8 Å². The van der Waals surface area contributed by atoms with Crippen LogP contribution in [0, 0.1) is 0 Å². The molecule has 0 saturated heterocycles. The summed E-state index contributed by atoms with van der Waals surface area (Å²) >= 11 is 0. The van der Waals surface area contributed by atoms with E-state index in [1.165, 1.54) is 148 Å². The monoisotopic (exact) mass is 700 g/mol. The maximum atomic E-state index is 12.5. The summed E-state index contributed by atoms with van der Waals surface area (Å²) in [5.74, 6) is -0.228. The van der Waals surface area contributed by atoms with Gasteiger partial charge in [0, 0.05) is 6.42 Å². The Labute approximate surface area is 296 Å². The normalized spacial score (nSPS) is 13.5. The van der Waals surface area contributed by atoms with Crippen molar-refractivity contribution in [3.8, 4) is 0 Å². The third-order valence-electron chi connectivity index (χ3n) is 9.15. The molecule has 48 heavy (non-hydrogen) atoms. The van der Waals surface area contributed by atoms with Gasteiger partial charge in [0.25, 0.3) is 0 Å². The van der Waals surface area contributed by atoms with Crippen molar-refractivity contribution in [2.45, 2.75) is 219 Å². The number of amides is 1. The van der Waals surface area contributed by atoms with Gasteiger partial charge in [-0.2, -0.15) is 0 Å². The lowest BCUT2D eigenvalue weighted by molar-refractivity contribution is -0.123. The average Bonchev–Trinajstić information content (AvgIpc) is 3.05. The van der Waals surface area contributed by atoms with Crippen molar-refractivity contribution >= 4 is 13.7 Å². The number of hydrogen-bond acceptors (Lipinski definition) is 4. The number of phosphoric ester groups is 1. The maximum Gasteiger partial charge on any atom is 0.469 e. The molecule has 2 atom stereocenters. The van der Waals surface area contributed by atoms with Crippen molar-refractivity contribution in [3.63, 3.8) is 0 Å². The fourth-order valence-electron chi connectivity index (χ4n) is 6.04. The van der Waals surface area contributed by atoms with Crippen LogP contribution >= 0.6 is 7.82 Å². The largest absolute Gasteiger partial charge is 0.469 e. The van der Waals surface area contributed by atoms with Gasteiger partial charge >= 0.3 is 7.82 Å². The Balaban J connectivity index is 3.90. The number of carbonyl (C=O) groups excluding carboxylic acids is 1. The lowest BCUT2D eigenvalue weighted by Gasteiger charge is -2.22. The number of hydrogen-bond donors (Lipinski definition) is 4. The van der Waals surface area contributed by atoms with E-state index in [2.05, 4.69) is 35.8 Å². The highest BCUT2D eigenvalue weighted by molar-refractivity contribution is 7.46. The summed E-state index contributed by atoms with van der Waals surface area (Å²) in [6.45, 7) is 4.05. The predicted molar refractivity (Wildman–Crippen MR) is 204 cm³/mol. The van der Waals surface area contributed by atoms with Crippen LogP contribution in [0.4, 0.5) is 0 Å². The van der Waals surface area contributed by atoms with E-state index in [1.807, 2.05) is 6.08 Å². The van der Waals surface area contributed by atoms with E-state index < -0.39 is 26.6 Å². The molecule has 0 aromatic rings. The van der Waals surface area contributed by atoms with Gasteiger partial charge in [0.15, 0.2) is 0 Å². The number of aliphatic hydroxyl groups is 1. The molecule has 8 heteroatoms. The zero-order chi connectivity index (χ0) is 35.4. The van der Waals surface area contributed by atoms with Crippen LogP contribution in [-0.4, -0.2) is 39.6 Å². The molecule has 0 aliphatic rings. The molecular weight excluding hydrogens is 621 g/mol. The molecular formula is C40H78NO6P. The molecule has 0 rings (SSSR count). The molecule has 284 valence electrons. The Bertz CT molecular complexity index is 799. The fourth-order valence-corrected chi connectivity index (χ4v) is 6.40. The molecule has 0 bridgehead atoms. The van der Waals surface area contributed by atoms with Gasteiger partial charge in [-0.1, -0.05) is 179 Å². The molecule has 0 aliphatic carbocycles. The molecule has 0 spiro atoms. The topological polar surface area (TPSA) is 116 Å². The van der Waals surface area contributed by atoms with Crippen LogP contribution in [0.1, 0.15) is 206 Å². The first kappa shape index (κ1) is 47.0. The molecule has 0 aromatic carbocycles. The summed E-state index contributed by atoms with van der Waals surface area (Å²) in [6.07, 6.45) is 43.4. The summed E-state index contributed by atoms with van der Waals surface area (Å²) in [6, 6.07) is -0.907. The number of allylic oxidation sites excluding steroid dienone is 3. The molecule has 0 heterocycles. The lowest BCUT2D eigenvalue weighted by Crippen LogP contribution is -2.45. The van der Waals surface area contributed by atoms with Gasteiger partial charge in [-0.25, -0.2) is 4.57 Å². The number of nitrogens with one attached hydrogen (secondary N) is 1. The quantitative estimate of drug-likeness (QED) is 0.0291. The van der Waals surface area contributed by atoms with E-state index in [0.717, 1.165) is 38.5 Å². The van der Waals surface area contributed by atoms with Crippen molar-refractivity contribution in [1.29, 1.82) is 0 Å². The van der Waals surface area contributed by atoms with E-state index in [-0.39, 0.29) is 5.91 Å². The smallest absolute Gasteiger partial charge is 0.387 e. The molecule has 0 aliphatic heterocycles. The third kappa shape index (κ3) is 36.3. The van der Waals surface area contributed by atoms with E-state index in [0.29, 0.717) is 6.42 Å². The van der Waals surface area contributed by atoms with Crippen LogP contribution < -0.4 is 5.32 Å². The number of aliphatic hydroxyl groups excluding tert-OH is 1. The summed E-state index contributed by atoms with van der Waals surface area (Å²) in [4.78, 5) is 30.8. The Morgan fingerprint density at radius 3 is 1.33 bits per heavy atom. The number of carbonyl (C=O) groups is 1. The highest BCUT2D eigenvalue weighted by Gasteiger charge is 2.24. The fraction of sp³-hybridized carbons (Fsp3) is 0.875. The summed E-state index contributed by atoms with van der Waals surface area (Å²) in [5.41, 5.74) is 0. The second-order valence-electron chi connectivity index (χ2n) is 14.0. The minimum atomic E-state index is -4.71. The van der Waals surface area contributed by atoms with Crippen molar-refractivity contribution in [3.05, 3.63) is 24.3 Å². The molecule has 0 unspecified atom stereocenters. The van der Waals surface area contributed by atoms with Crippen LogP contribution in [0.25, 0.3) is 0 Å². The van der Waals surface area contributed by atoms with Crippen LogP contribution in [0.5, 0.6) is 0 Å². The minimum absolute atomic E-state index is 0.228. The van der Waals surface area contributed by atoms with E-state index in [4.69, 9.17) is 9.79 Å². The maximum absolute atomic E-state index is 12.5. The number of unbranched alkanes of at least 4 members (excludes halogenated alkanes) is 26. The van der Waals surface area contributed by atoms with E-state index in [1.54, 1.807) is 6.08 Å². The number of rotatable bonds is 37. The zero-order valence-electron chi connectivity index (χ0n) is 31.4. The van der Waals surface area contributed by atoms with Gasteiger partial charge in [-0.3, -0.25) is 9.32 Å². The second-order valence-corrected chi connectivity index (χ2v) is 15.2. The van der Waals surface area contributed by atoms with E-state index >= 15 is 0 Å². The number of phosphoric acid groups is 1. The van der Waals surface area contributed by atoms with Crippen molar-refractivity contribution in [2.75, 3.05) is 6.61 Å². The Hall–Kier alpha value is -0.980. The van der Waals surface area contributed by atoms with Gasteiger partial charge < -0.3 is 20.2 Å². The first-order valence-corrected chi connectivity index (χ1v) is 21.8. The molecule has 0 radical (unpaired) electrons. The second kappa shape index (κ2) is 35.8. The standard InChI is InChI=1S/C40H78NO6P/c1-3-5-7-9-11-13-15-16-17-18-19-20-21-22-23-24-26-28-30-32-34-36-40(43)41-38(37-47-48(44,45)46)39(42)35-33-31-29-27-25-14-12-10-8-6-4-2/h16-17,33,35,38-39,42H,3-15,18-32,34,36-37H2,1-2H3,(H,41,43)(H2,44,45,46)/b17-16+,35-33+/t38-,39+/m0/s1. The Kier molecular flexibility index (Phi) is 35.1. The van der Waals surface area contributed by atoms with Crippen molar-refractivity contribution in [2.24, 2.45) is 0 Å². The third-order valence-corrected chi connectivity index (χ3v) is 9.64. The molecule has 4 N–H and O–H groups in total. The van der Waals surface area contributed by atoms with Gasteiger partial charge in [0.2, 0.25) is 5.91 Å². The van der Waals surface area contributed by atoms with Crippen LogP contribution in [0.3, 0.4) is 0 Å². The van der Waals surface area contributed by atoms with Gasteiger partial charge in [-0.15, -0.1) is 0 Å². The summed E-state index contributed by atoms with van der Waals surface area (Å²) in [7, 11) is -4.71. The Morgan fingerprint density at radius 1 is 0.583 bits per heavy atom. The van der Waals surface area contributed by atoms with Crippen LogP contribution in [-0.2, 0) is 13.9 Å². The summed E-state index contributed by atoms with van der Waals surface area (Å²) < 4.78 is 15.9. The molecule has 0 fully saturated rings. The first-order valence-electron chi connectivity index (χ1n) is 20.3. The molecule has 0 saturated carbocycles. The van der Waals surface area contributed by atoms with Crippen LogP contribution in [0.2, 0.25) is 0 Å².